The summed E-state index contributed by atoms with van der Waals surface area (Å²) in [5.74, 6) is 0.814. The van der Waals surface area contributed by atoms with Crippen molar-refractivity contribution in [1.82, 2.24) is 4.90 Å². The van der Waals surface area contributed by atoms with Gasteiger partial charge >= 0.3 is 0 Å². The average Bonchev–Trinajstić information content (AvgIpc) is 2.79. The zero-order valence-electron chi connectivity index (χ0n) is 14.9. The molecule has 1 aliphatic rings. The second-order valence-corrected chi connectivity index (χ2v) is 6.83. The van der Waals surface area contributed by atoms with E-state index in [-0.39, 0.29) is 0 Å². The summed E-state index contributed by atoms with van der Waals surface area (Å²) in [6, 6.07) is 0. The van der Waals surface area contributed by atoms with E-state index in [9.17, 15) is 4.79 Å². The molecule has 1 rings (SSSR count). The molecule has 0 spiro atoms. The number of aliphatic imine (C=N–C) groups is 1. The number of carbonyl (C=O) groups is 1. The first-order valence-corrected chi connectivity index (χ1v) is 8.50. The molecule has 2 N–H and O–H groups in total. The van der Waals surface area contributed by atoms with Crippen LogP contribution in [0, 0.1) is 0 Å². The van der Waals surface area contributed by atoms with Crippen molar-refractivity contribution in [2.24, 2.45) is 10.7 Å². The van der Waals surface area contributed by atoms with Crippen molar-refractivity contribution in [3.63, 3.8) is 0 Å². The maximum Gasteiger partial charge on any atom is 0.158 e. The number of hydrogen-bond acceptors (Lipinski definition) is 6. The summed E-state index contributed by atoms with van der Waals surface area (Å²) in [5.41, 5.74) is 9.38. The van der Waals surface area contributed by atoms with Gasteiger partial charge in [-0.3, -0.25) is 4.79 Å². The molecule has 1 heterocycles. The number of rotatable bonds is 7. The molecule has 0 saturated carbocycles. The van der Waals surface area contributed by atoms with Gasteiger partial charge in [0, 0.05) is 12.1 Å². The minimum atomic E-state index is 0.519. The first-order chi connectivity index (χ1) is 10.8. The van der Waals surface area contributed by atoms with Crippen LogP contribution < -0.4 is 5.73 Å². The fourth-order valence-corrected chi connectivity index (χ4v) is 3.13. The topological polar surface area (TPSA) is 67.9 Å². The third kappa shape index (κ3) is 5.25. The molecule has 5 nitrogen and oxygen atoms in total. The highest BCUT2D eigenvalue weighted by Gasteiger charge is 2.26. The summed E-state index contributed by atoms with van der Waals surface area (Å²) in [4.78, 5) is 18.5. The van der Waals surface area contributed by atoms with Gasteiger partial charge in [-0.1, -0.05) is 24.3 Å². The van der Waals surface area contributed by atoms with Gasteiger partial charge in [-0.25, -0.2) is 4.99 Å². The van der Waals surface area contributed by atoms with Crippen LogP contribution in [0.4, 0.5) is 0 Å². The highest BCUT2D eigenvalue weighted by Crippen LogP contribution is 2.37. The Morgan fingerprint density at radius 3 is 2.48 bits per heavy atom. The Kier molecular flexibility index (Phi) is 7.58. The molecular formula is C17H27N3O2S. The van der Waals surface area contributed by atoms with E-state index in [1.54, 1.807) is 0 Å². The van der Waals surface area contributed by atoms with Crippen LogP contribution in [0.3, 0.4) is 0 Å². The lowest BCUT2D eigenvalue weighted by Gasteiger charge is -2.13. The average molecular weight is 337 g/mol. The summed E-state index contributed by atoms with van der Waals surface area (Å²) in [5, 5.41) is 0.775. The number of hydrogen-bond donors (Lipinski definition) is 1. The molecule has 0 atom stereocenters. The molecule has 0 aliphatic carbocycles. The van der Waals surface area contributed by atoms with E-state index in [0.29, 0.717) is 17.2 Å². The minimum absolute atomic E-state index is 0.519. The highest BCUT2D eigenvalue weighted by molar-refractivity contribution is 8.18. The molecule has 128 valence electrons. The Morgan fingerprint density at radius 2 is 2.00 bits per heavy atom. The molecule has 0 saturated heterocycles. The first-order valence-electron chi connectivity index (χ1n) is 7.68. The van der Waals surface area contributed by atoms with Crippen molar-refractivity contribution in [2.75, 3.05) is 27.2 Å². The number of carbonyl (C=O) groups excluding carboxylic acids is 1. The maximum atomic E-state index is 11.1. The quantitative estimate of drug-likeness (QED) is 0.571. The molecule has 0 aromatic heterocycles. The zero-order valence-corrected chi connectivity index (χ0v) is 15.7. The Balaban J connectivity index is 3.07. The van der Waals surface area contributed by atoms with Crippen molar-refractivity contribution in [1.29, 1.82) is 0 Å². The van der Waals surface area contributed by atoms with E-state index >= 15 is 0 Å². The summed E-state index contributed by atoms with van der Waals surface area (Å²) >= 11 is 1.33. The van der Waals surface area contributed by atoms with Crippen molar-refractivity contribution >= 4 is 23.1 Å². The minimum Gasteiger partial charge on any atom is -0.495 e. The van der Waals surface area contributed by atoms with Gasteiger partial charge in [-0.2, -0.15) is 0 Å². The summed E-state index contributed by atoms with van der Waals surface area (Å²) in [6.07, 6.45) is 1.55. The third-order valence-electron chi connectivity index (χ3n) is 3.40. The SMILES string of the molecule is CC/C(N=C1SC(C=O)=C(N)C1=C(C)C)=C(/C)OCCN(C)C. The van der Waals surface area contributed by atoms with Gasteiger partial charge in [0.05, 0.1) is 16.3 Å². The second-order valence-electron chi connectivity index (χ2n) is 5.80. The van der Waals surface area contributed by atoms with Crippen LogP contribution in [0.5, 0.6) is 0 Å². The fourth-order valence-electron chi connectivity index (χ4n) is 2.09. The van der Waals surface area contributed by atoms with Gasteiger partial charge in [0.1, 0.15) is 17.4 Å². The van der Waals surface area contributed by atoms with E-state index in [0.717, 1.165) is 46.9 Å². The molecule has 0 bridgehead atoms. The van der Waals surface area contributed by atoms with Crippen LogP contribution in [0.1, 0.15) is 34.1 Å². The van der Waals surface area contributed by atoms with Gasteiger partial charge in [0.2, 0.25) is 0 Å². The monoisotopic (exact) mass is 337 g/mol. The standard InChI is InChI=1S/C17H27N3O2S/c1-7-13(12(4)22-9-8-20(5)6)19-17-15(11(2)3)16(18)14(10-21)23-17/h10H,7-9,18H2,1-6H3/b13-12+,19-17?. The molecule has 6 heteroatoms. The molecule has 0 aromatic carbocycles. The first kappa shape index (κ1) is 19.5. The number of thioether (sulfide) groups is 1. The zero-order chi connectivity index (χ0) is 17.6. The number of allylic oxidation sites excluding steroid dienone is 5. The van der Waals surface area contributed by atoms with Gasteiger partial charge < -0.3 is 15.4 Å². The lowest BCUT2D eigenvalue weighted by atomic mass is 10.1. The molecule has 23 heavy (non-hydrogen) atoms. The lowest BCUT2D eigenvalue weighted by Crippen LogP contribution is -2.17. The van der Waals surface area contributed by atoms with Crippen LogP contribution >= 0.6 is 11.8 Å². The fraction of sp³-hybridized carbons (Fsp3) is 0.529. The highest BCUT2D eigenvalue weighted by atomic mass is 32.2. The molecular weight excluding hydrogens is 310 g/mol. The lowest BCUT2D eigenvalue weighted by molar-refractivity contribution is -0.104. The molecule has 1 aliphatic heterocycles. The van der Waals surface area contributed by atoms with Crippen molar-refractivity contribution in [2.45, 2.75) is 34.1 Å². The van der Waals surface area contributed by atoms with Crippen LogP contribution in [0.25, 0.3) is 0 Å². The number of ether oxygens (including phenoxy) is 1. The Labute approximate surface area is 143 Å². The smallest absolute Gasteiger partial charge is 0.158 e. The van der Waals surface area contributed by atoms with Gasteiger partial charge in [-0.15, -0.1) is 0 Å². The third-order valence-corrected chi connectivity index (χ3v) is 4.42. The summed E-state index contributed by atoms with van der Waals surface area (Å²) in [6.45, 7) is 9.39. The van der Waals surface area contributed by atoms with E-state index in [1.165, 1.54) is 11.8 Å². The van der Waals surface area contributed by atoms with Gasteiger partial charge in [-0.05, 0) is 41.3 Å². The molecule has 0 radical (unpaired) electrons. The molecule has 0 unspecified atom stereocenters. The number of nitrogens with zero attached hydrogens (tertiary/aromatic N) is 2. The summed E-state index contributed by atoms with van der Waals surface area (Å²) < 4.78 is 5.78. The van der Waals surface area contributed by atoms with E-state index in [4.69, 9.17) is 15.5 Å². The van der Waals surface area contributed by atoms with Crippen molar-refractivity contribution in [3.8, 4) is 0 Å². The van der Waals surface area contributed by atoms with Crippen LogP contribution in [0.2, 0.25) is 0 Å². The second kappa shape index (κ2) is 8.93. The van der Waals surface area contributed by atoms with Crippen LogP contribution in [-0.2, 0) is 9.53 Å². The predicted octanol–water partition coefficient (Wildman–Crippen LogP) is 3.06. The molecule has 0 fully saturated rings. The van der Waals surface area contributed by atoms with E-state index in [1.807, 2.05) is 41.8 Å². The summed E-state index contributed by atoms with van der Waals surface area (Å²) in [7, 11) is 4.02. The maximum absolute atomic E-state index is 11.1. The number of nitrogens with two attached hydrogens (primary N) is 1. The van der Waals surface area contributed by atoms with E-state index in [2.05, 4.69) is 4.90 Å². The Hall–Kier alpha value is -1.53. The van der Waals surface area contributed by atoms with E-state index < -0.39 is 0 Å². The molecule has 0 amide bonds. The number of likely N-dealkylation sites (N-methyl/N-ethyl adjacent to an activating group) is 1. The van der Waals surface area contributed by atoms with Crippen LogP contribution in [0.15, 0.2) is 38.2 Å². The Bertz CT molecular complexity index is 583. The van der Waals surface area contributed by atoms with Gasteiger partial charge in [0.15, 0.2) is 6.29 Å². The van der Waals surface area contributed by atoms with Crippen LogP contribution in [-0.4, -0.2) is 43.5 Å². The van der Waals surface area contributed by atoms with Gasteiger partial charge in [0.25, 0.3) is 0 Å². The molecule has 0 aromatic rings. The van der Waals surface area contributed by atoms with Crippen molar-refractivity contribution in [3.05, 3.63) is 33.2 Å². The van der Waals surface area contributed by atoms with Crippen molar-refractivity contribution < 1.29 is 9.53 Å². The largest absolute Gasteiger partial charge is 0.495 e. The predicted molar refractivity (Wildman–Crippen MR) is 98.2 cm³/mol. The normalized spacial score (nSPS) is 17.9. The number of aldehydes is 1. The Morgan fingerprint density at radius 1 is 1.35 bits per heavy atom.